The van der Waals surface area contributed by atoms with E-state index in [4.69, 9.17) is 14.6 Å². The van der Waals surface area contributed by atoms with Crippen LogP contribution in [0.15, 0.2) is 46.9 Å². The predicted molar refractivity (Wildman–Crippen MR) is 91.7 cm³/mol. The first kappa shape index (κ1) is 16.6. The maximum Gasteiger partial charge on any atom is 0.161 e. The number of halogens is 1. The van der Waals surface area contributed by atoms with Gasteiger partial charge in [0.1, 0.15) is 6.61 Å². The van der Waals surface area contributed by atoms with Crippen LogP contribution in [0.3, 0.4) is 0 Å². The molecule has 0 aliphatic heterocycles. The summed E-state index contributed by atoms with van der Waals surface area (Å²) in [5, 5.41) is 12.2. The number of hydrogen-bond acceptors (Lipinski definition) is 4. The lowest BCUT2D eigenvalue weighted by Gasteiger charge is -2.13. The van der Waals surface area contributed by atoms with Crippen LogP contribution < -0.4 is 14.8 Å². The maximum atomic E-state index is 8.85. The first-order chi connectivity index (χ1) is 10.7. The summed E-state index contributed by atoms with van der Waals surface area (Å²) in [6.07, 6.45) is 0. The number of anilines is 1. The molecule has 5 heteroatoms. The summed E-state index contributed by atoms with van der Waals surface area (Å²) in [4.78, 5) is 0. The molecule has 2 aromatic carbocycles. The first-order valence-corrected chi connectivity index (χ1v) is 8.01. The topological polar surface area (TPSA) is 50.7 Å². The zero-order valence-electron chi connectivity index (χ0n) is 12.5. The molecular weight excluding hydrogens is 346 g/mol. The molecule has 0 spiro atoms. The lowest BCUT2D eigenvalue weighted by atomic mass is 10.2. The lowest BCUT2D eigenvalue weighted by molar-refractivity contribution is 0.194. The van der Waals surface area contributed by atoms with Crippen LogP contribution >= 0.6 is 15.9 Å². The number of aliphatic hydroxyl groups is 1. The molecule has 0 aromatic heterocycles. The first-order valence-electron chi connectivity index (χ1n) is 7.21. The molecule has 22 heavy (non-hydrogen) atoms. The standard InChI is InChI=1S/C17H20BrNO3/c1-2-21-17-11-13(3-8-16(17)22-10-9-20)12-19-15-6-4-14(18)5-7-15/h3-8,11,19-20H,2,9-10,12H2,1H3. The predicted octanol–water partition coefficient (Wildman–Crippen LogP) is 3.83. The normalized spacial score (nSPS) is 10.3. The van der Waals surface area contributed by atoms with Gasteiger partial charge in [-0.3, -0.25) is 0 Å². The fourth-order valence-corrected chi connectivity index (χ4v) is 2.24. The number of nitrogens with one attached hydrogen (secondary N) is 1. The van der Waals surface area contributed by atoms with Crippen molar-refractivity contribution in [3.05, 3.63) is 52.5 Å². The van der Waals surface area contributed by atoms with E-state index in [9.17, 15) is 0 Å². The van der Waals surface area contributed by atoms with Gasteiger partial charge in [-0.25, -0.2) is 0 Å². The summed E-state index contributed by atoms with van der Waals surface area (Å²) in [6.45, 7) is 3.44. The van der Waals surface area contributed by atoms with E-state index in [1.807, 2.05) is 49.4 Å². The molecule has 0 amide bonds. The van der Waals surface area contributed by atoms with E-state index in [2.05, 4.69) is 21.2 Å². The summed E-state index contributed by atoms with van der Waals surface area (Å²) in [5.74, 6) is 1.36. The third-order valence-corrected chi connectivity index (χ3v) is 3.53. The number of rotatable bonds is 8. The SMILES string of the molecule is CCOc1cc(CNc2ccc(Br)cc2)ccc1OCCO. The van der Waals surface area contributed by atoms with Crippen molar-refractivity contribution in [2.45, 2.75) is 13.5 Å². The number of hydrogen-bond donors (Lipinski definition) is 2. The fraction of sp³-hybridized carbons (Fsp3) is 0.294. The molecule has 0 heterocycles. The molecular formula is C17H20BrNO3. The zero-order chi connectivity index (χ0) is 15.8. The van der Waals surface area contributed by atoms with Crippen molar-refractivity contribution >= 4 is 21.6 Å². The van der Waals surface area contributed by atoms with Crippen molar-refractivity contribution in [3.8, 4) is 11.5 Å². The minimum Gasteiger partial charge on any atom is -0.490 e. The van der Waals surface area contributed by atoms with Crippen LogP contribution in [0.4, 0.5) is 5.69 Å². The summed E-state index contributed by atoms with van der Waals surface area (Å²) < 4.78 is 12.1. The Morgan fingerprint density at radius 1 is 1.05 bits per heavy atom. The third kappa shape index (κ3) is 4.93. The van der Waals surface area contributed by atoms with Gasteiger partial charge in [0.15, 0.2) is 11.5 Å². The minimum atomic E-state index is -0.0154. The van der Waals surface area contributed by atoms with Crippen LogP contribution in [0.5, 0.6) is 11.5 Å². The van der Waals surface area contributed by atoms with Crippen molar-refractivity contribution in [2.75, 3.05) is 25.1 Å². The quantitative estimate of drug-likeness (QED) is 0.746. The van der Waals surface area contributed by atoms with E-state index in [1.54, 1.807) is 0 Å². The third-order valence-electron chi connectivity index (χ3n) is 3.00. The van der Waals surface area contributed by atoms with Gasteiger partial charge in [-0.1, -0.05) is 22.0 Å². The van der Waals surface area contributed by atoms with Crippen molar-refractivity contribution in [1.82, 2.24) is 0 Å². The van der Waals surface area contributed by atoms with Gasteiger partial charge in [0.2, 0.25) is 0 Å². The average Bonchev–Trinajstić information content (AvgIpc) is 2.54. The van der Waals surface area contributed by atoms with Crippen molar-refractivity contribution < 1.29 is 14.6 Å². The van der Waals surface area contributed by atoms with Crippen LogP contribution in [0.25, 0.3) is 0 Å². The van der Waals surface area contributed by atoms with Gasteiger partial charge < -0.3 is 19.9 Å². The molecule has 0 saturated heterocycles. The summed E-state index contributed by atoms with van der Waals surface area (Å²) in [7, 11) is 0. The molecule has 2 aromatic rings. The molecule has 0 atom stereocenters. The molecule has 0 aliphatic rings. The summed E-state index contributed by atoms with van der Waals surface area (Å²) in [5.41, 5.74) is 2.16. The fourth-order valence-electron chi connectivity index (χ4n) is 1.98. The smallest absolute Gasteiger partial charge is 0.161 e. The van der Waals surface area contributed by atoms with E-state index in [0.29, 0.717) is 24.7 Å². The summed E-state index contributed by atoms with van der Waals surface area (Å²) >= 11 is 3.42. The Morgan fingerprint density at radius 2 is 1.82 bits per heavy atom. The lowest BCUT2D eigenvalue weighted by Crippen LogP contribution is -2.05. The second-order valence-corrected chi connectivity index (χ2v) is 5.56. The minimum absolute atomic E-state index is 0.0154. The number of benzene rings is 2. The van der Waals surface area contributed by atoms with Crippen molar-refractivity contribution in [1.29, 1.82) is 0 Å². The van der Waals surface area contributed by atoms with Gasteiger partial charge in [-0.15, -0.1) is 0 Å². The largest absolute Gasteiger partial charge is 0.490 e. The average molecular weight is 366 g/mol. The molecule has 0 saturated carbocycles. The highest BCUT2D eigenvalue weighted by molar-refractivity contribution is 9.10. The monoisotopic (exact) mass is 365 g/mol. The Labute approximate surface area is 139 Å². The van der Waals surface area contributed by atoms with E-state index in [1.165, 1.54) is 0 Å². The van der Waals surface area contributed by atoms with E-state index >= 15 is 0 Å². The number of ether oxygens (including phenoxy) is 2. The Kier molecular flexibility index (Phi) is 6.55. The highest BCUT2D eigenvalue weighted by atomic mass is 79.9. The molecule has 0 aliphatic carbocycles. The molecule has 2 N–H and O–H groups in total. The van der Waals surface area contributed by atoms with Gasteiger partial charge in [-0.05, 0) is 48.9 Å². The zero-order valence-corrected chi connectivity index (χ0v) is 14.1. The van der Waals surface area contributed by atoms with Gasteiger partial charge in [0.25, 0.3) is 0 Å². The highest BCUT2D eigenvalue weighted by Gasteiger charge is 2.06. The Morgan fingerprint density at radius 3 is 2.50 bits per heavy atom. The van der Waals surface area contributed by atoms with Crippen LogP contribution in [0.2, 0.25) is 0 Å². The molecule has 0 radical (unpaired) electrons. The van der Waals surface area contributed by atoms with Gasteiger partial charge in [0, 0.05) is 16.7 Å². The van der Waals surface area contributed by atoms with E-state index in [-0.39, 0.29) is 13.2 Å². The number of aliphatic hydroxyl groups excluding tert-OH is 1. The van der Waals surface area contributed by atoms with Gasteiger partial charge >= 0.3 is 0 Å². The van der Waals surface area contributed by atoms with E-state index < -0.39 is 0 Å². The van der Waals surface area contributed by atoms with Gasteiger partial charge in [-0.2, -0.15) is 0 Å². The van der Waals surface area contributed by atoms with Gasteiger partial charge in [0.05, 0.1) is 13.2 Å². The molecule has 0 fully saturated rings. The molecule has 118 valence electrons. The Hall–Kier alpha value is -1.72. The van der Waals surface area contributed by atoms with Crippen molar-refractivity contribution in [2.24, 2.45) is 0 Å². The molecule has 2 rings (SSSR count). The Bertz CT molecular complexity index is 587. The molecule has 0 bridgehead atoms. The molecule has 4 nitrogen and oxygen atoms in total. The van der Waals surface area contributed by atoms with E-state index in [0.717, 1.165) is 15.7 Å². The van der Waals surface area contributed by atoms with Crippen LogP contribution in [0.1, 0.15) is 12.5 Å². The van der Waals surface area contributed by atoms with Crippen LogP contribution in [0, 0.1) is 0 Å². The van der Waals surface area contributed by atoms with Crippen LogP contribution in [-0.4, -0.2) is 24.9 Å². The Balaban J connectivity index is 2.04. The second kappa shape index (κ2) is 8.66. The summed E-state index contributed by atoms with van der Waals surface area (Å²) in [6, 6.07) is 13.9. The van der Waals surface area contributed by atoms with Crippen LogP contribution in [-0.2, 0) is 6.54 Å². The molecule has 0 unspecified atom stereocenters. The second-order valence-electron chi connectivity index (χ2n) is 4.65. The highest BCUT2D eigenvalue weighted by Crippen LogP contribution is 2.29. The maximum absolute atomic E-state index is 8.85. The van der Waals surface area contributed by atoms with Crippen molar-refractivity contribution in [3.63, 3.8) is 0 Å².